The van der Waals surface area contributed by atoms with Crippen molar-refractivity contribution in [3.8, 4) is 12.3 Å². The number of alkyl halides is 3. The second-order valence-corrected chi connectivity index (χ2v) is 7.55. The van der Waals surface area contributed by atoms with Crippen molar-refractivity contribution < 1.29 is 17.6 Å². The van der Waals surface area contributed by atoms with E-state index in [4.69, 9.17) is 6.42 Å². The van der Waals surface area contributed by atoms with E-state index in [1.165, 1.54) is 29.0 Å². The predicted octanol–water partition coefficient (Wildman–Crippen LogP) is 4.42. The van der Waals surface area contributed by atoms with E-state index >= 15 is 0 Å². The predicted molar refractivity (Wildman–Crippen MR) is 108 cm³/mol. The maximum atomic E-state index is 14.6. The molecule has 1 fully saturated rings. The Kier molecular flexibility index (Phi) is 5.17. The minimum absolute atomic E-state index is 0.138. The third kappa shape index (κ3) is 3.63. The van der Waals surface area contributed by atoms with E-state index in [1.807, 2.05) is 0 Å². The van der Waals surface area contributed by atoms with Crippen LogP contribution in [0.2, 0.25) is 0 Å². The molecule has 1 N–H and O–H groups in total. The van der Waals surface area contributed by atoms with Gasteiger partial charge in [0.05, 0.1) is 22.0 Å². The first-order valence-electron chi connectivity index (χ1n) is 9.56. The molecule has 2 heterocycles. The third-order valence-electron chi connectivity index (χ3n) is 5.48. The summed E-state index contributed by atoms with van der Waals surface area (Å²) in [5, 5.41) is 3.28. The van der Waals surface area contributed by atoms with Crippen LogP contribution in [0.15, 0.2) is 35.3 Å². The summed E-state index contributed by atoms with van der Waals surface area (Å²) in [6, 6.07) is 3.77. The summed E-state index contributed by atoms with van der Waals surface area (Å²) in [4.78, 5) is 21.1. The zero-order chi connectivity index (χ0) is 22.3. The number of halogens is 4. The lowest BCUT2D eigenvalue weighted by Crippen LogP contribution is -2.31. The van der Waals surface area contributed by atoms with Crippen molar-refractivity contribution in [2.45, 2.75) is 37.8 Å². The van der Waals surface area contributed by atoms with Gasteiger partial charge in [0.25, 0.3) is 12.0 Å². The Morgan fingerprint density at radius 1 is 1.29 bits per heavy atom. The number of hydrogen-bond acceptors (Lipinski definition) is 4. The summed E-state index contributed by atoms with van der Waals surface area (Å²) in [6.07, 6.45) is 5.10. The molecule has 1 atom stereocenters. The number of anilines is 1. The molecule has 31 heavy (non-hydrogen) atoms. The first-order valence-corrected chi connectivity index (χ1v) is 9.56. The average molecular weight is 430 g/mol. The van der Waals surface area contributed by atoms with Crippen LogP contribution in [0.4, 0.5) is 23.4 Å². The van der Waals surface area contributed by atoms with Crippen molar-refractivity contribution in [3.05, 3.63) is 63.6 Å². The Labute approximate surface area is 175 Å². The van der Waals surface area contributed by atoms with Gasteiger partial charge in [-0.15, -0.1) is 6.42 Å². The fourth-order valence-electron chi connectivity index (χ4n) is 3.59. The van der Waals surface area contributed by atoms with Gasteiger partial charge in [0.2, 0.25) is 0 Å². The fraction of sp³-hybridized carbons (Fsp3) is 0.318. The molecule has 5 nitrogen and oxygen atoms in total. The maximum Gasteiger partial charge on any atom is 0.266 e. The highest BCUT2D eigenvalue weighted by molar-refractivity contribution is 5.88. The number of terminal acetylenes is 1. The van der Waals surface area contributed by atoms with Crippen LogP contribution in [0.3, 0.4) is 0 Å². The smallest absolute Gasteiger partial charge is 0.266 e. The Hall–Kier alpha value is -3.41. The first-order chi connectivity index (χ1) is 14.8. The molecule has 0 saturated heterocycles. The molecule has 160 valence electrons. The largest absolute Gasteiger partial charge is 0.352 e. The van der Waals surface area contributed by atoms with Crippen molar-refractivity contribution in [3.63, 3.8) is 0 Å². The highest BCUT2D eigenvalue weighted by Gasteiger charge is 2.45. The highest BCUT2D eigenvalue weighted by Crippen LogP contribution is 2.43. The molecule has 0 aliphatic heterocycles. The molecule has 0 radical (unpaired) electrons. The number of nitrogens with one attached hydrogen (secondary N) is 1. The molecule has 1 aliphatic carbocycles. The Bertz CT molecular complexity index is 1260. The monoisotopic (exact) mass is 430 g/mol. The van der Waals surface area contributed by atoms with Crippen LogP contribution >= 0.6 is 0 Å². The summed E-state index contributed by atoms with van der Waals surface area (Å²) >= 11 is 0. The van der Waals surface area contributed by atoms with Crippen LogP contribution in [-0.4, -0.2) is 21.2 Å². The van der Waals surface area contributed by atoms with E-state index < -0.39 is 41.6 Å². The van der Waals surface area contributed by atoms with Crippen LogP contribution in [0, 0.1) is 25.1 Å². The van der Waals surface area contributed by atoms with E-state index in [-0.39, 0.29) is 11.4 Å². The van der Waals surface area contributed by atoms with Gasteiger partial charge in [-0.1, -0.05) is 24.1 Å². The zero-order valence-corrected chi connectivity index (χ0v) is 16.5. The Morgan fingerprint density at radius 2 is 2.00 bits per heavy atom. The van der Waals surface area contributed by atoms with E-state index in [1.54, 1.807) is 6.92 Å². The van der Waals surface area contributed by atoms with Crippen LogP contribution < -0.4 is 10.9 Å². The van der Waals surface area contributed by atoms with Crippen molar-refractivity contribution >= 4 is 16.7 Å². The molecule has 2 aromatic heterocycles. The highest BCUT2D eigenvalue weighted by atomic mass is 19.3. The molecule has 0 amide bonds. The number of pyridine rings is 1. The van der Waals surface area contributed by atoms with E-state index in [2.05, 4.69) is 21.2 Å². The van der Waals surface area contributed by atoms with Gasteiger partial charge >= 0.3 is 0 Å². The van der Waals surface area contributed by atoms with Gasteiger partial charge in [-0.25, -0.2) is 27.5 Å². The number of rotatable bonds is 6. The number of aromatic nitrogens is 3. The van der Waals surface area contributed by atoms with Crippen molar-refractivity contribution in [2.24, 2.45) is 0 Å². The molecule has 0 spiro atoms. The number of benzene rings is 1. The standard InChI is InChI=1S/C22H18F4N4O/c1-3-16(13-5-4-6-14(19(13)24)20(25)26)29-21-15-10-30(22(11-23)7-8-22)18(31)9-17(15)27-12(2)28-21/h1,4-6,9-10,16,20H,7-8,11H2,2H3,(H,27,28,29). The maximum absolute atomic E-state index is 14.6. The Morgan fingerprint density at radius 3 is 2.61 bits per heavy atom. The number of hydrogen-bond donors (Lipinski definition) is 1. The minimum Gasteiger partial charge on any atom is -0.352 e. The lowest BCUT2D eigenvalue weighted by Gasteiger charge is -2.20. The van der Waals surface area contributed by atoms with E-state index in [0.29, 0.717) is 29.6 Å². The number of fused-ring (bicyclic) bond motifs is 1. The molecule has 3 aromatic rings. The number of aryl methyl sites for hydroxylation is 1. The van der Waals surface area contributed by atoms with Crippen LogP contribution in [0.1, 0.15) is 42.3 Å². The molecule has 1 aromatic carbocycles. The van der Waals surface area contributed by atoms with Gasteiger partial charge in [0, 0.05) is 17.8 Å². The van der Waals surface area contributed by atoms with Crippen LogP contribution in [-0.2, 0) is 5.54 Å². The second-order valence-electron chi connectivity index (χ2n) is 7.55. The van der Waals surface area contributed by atoms with Crippen LogP contribution in [0.5, 0.6) is 0 Å². The molecule has 1 unspecified atom stereocenters. The van der Waals surface area contributed by atoms with Crippen molar-refractivity contribution in [1.29, 1.82) is 0 Å². The summed E-state index contributed by atoms with van der Waals surface area (Å²) in [7, 11) is 0. The van der Waals surface area contributed by atoms with Gasteiger partial charge in [0.1, 0.15) is 30.2 Å². The van der Waals surface area contributed by atoms with Gasteiger partial charge in [-0.2, -0.15) is 0 Å². The molecule has 4 rings (SSSR count). The molecular formula is C22H18F4N4O. The van der Waals surface area contributed by atoms with Gasteiger partial charge < -0.3 is 9.88 Å². The molecule has 1 aliphatic rings. The van der Waals surface area contributed by atoms with Gasteiger partial charge in [0.15, 0.2) is 0 Å². The molecule has 9 heteroatoms. The lowest BCUT2D eigenvalue weighted by molar-refractivity contribution is 0.146. The summed E-state index contributed by atoms with van der Waals surface area (Å²) < 4.78 is 55.7. The van der Waals surface area contributed by atoms with E-state index in [0.717, 1.165) is 6.07 Å². The summed E-state index contributed by atoms with van der Waals surface area (Å²) in [5.74, 6) is 1.76. The van der Waals surface area contributed by atoms with Crippen molar-refractivity contribution in [2.75, 3.05) is 12.0 Å². The molecule has 1 saturated carbocycles. The second kappa shape index (κ2) is 7.69. The molecular weight excluding hydrogens is 412 g/mol. The third-order valence-corrected chi connectivity index (χ3v) is 5.48. The first kappa shape index (κ1) is 20.8. The van der Waals surface area contributed by atoms with E-state index in [9.17, 15) is 22.4 Å². The lowest BCUT2D eigenvalue weighted by atomic mass is 10.0. The van der Waals surface area contributed by atoms with Gasteiger partial charge in [-0.05, 0) is 19.8 Å². The number of nitrogens with zero attached hydrogens (tertiary/aromatic N) is 3. The summed E-state index contributed by atoms with van der Waals surface area (Å²) in [6.45, 7) is 0.912. The Balaban J connectivity index is 1.82. The summed E-state index contributed by atoms with van der Waals surface area (Å²) in [5.41, 5.74) is -1.85. The topological polar surface area (TPSA) is 59.8 Å². The average Bonchev–Trinajstić information content (AvgIpc) is 3.52. The molecule has 0 bridgehead atoms. The minimum atomic E-state index is -3.00. The SMILES string of the molecule is C#CC(Nc1nc(C)nc2cc(=O)n(C3(CF)CC3)cc12)c1cccc(C(F)F)c1F. The fourth-order valence-corrected chi connectivity index (χ4v) is 3.59. The zero-order valence-electron chi connectivity index (χ0n) is 16.5. The van der Waals surface area contributed by atoms with Crippen LogP contribution in [0.25, 0.3) is 10.9 Å². The van der Waals surface area contributed by atoms with Crippen molar-refractivity contribution in [1.82, 2.24) is 14.5 Å². The van der Waals surface area contributed by atoms with Gasteiger partial charge in [-0.3, -0.25) is 4.79 Å². The quantitative estimate of drug-likeness (QED) is 0.465. The normalized spacial score (nSPS) is 15.6.